The fourth-order valence-electron chi connectivity index (χ4n) is 4.18. The number of rotatable bonds is 5. The Hall–Kier alpha value is -1.14. The van der Waals surface area contributed by atoms with E-state index in [1.54, 1.807) is 0 Å². The Kier molecular flexibility index (Phi) is 5.45. The van der Waals surface area contributed by atoms with Gasteiger partial charge in [0.15, 0.2) is 0 Å². The minimum atomic E-state index is -0.183. The second kappa shape index (κ2) is 7.40. The van der Waals surface area contributed by atoms with E-state index in [4.69, 9.17) is 9.47 Å². The van der Waals surface area contributed by atoms with Crippen LogP contribution in [0.3, 0.4) is 0 Å². The molecule has 24 heavy (non-hydrogen) atoms. The molecule has 3 aliphatic heterocycles. The number of morpholine rings is 1. The normalized spacial score (nSPS) is 26.0. The lowest BCUT2D eigenvalue weighted by molar-refractivity contribution is -0.162. The molecule has 1 spiro atoms. The van der Waals surface area contributed by atoms with Gasteiger partial charge in [0.2, 0.25) is 11.8 Å². The molecule has 1 atom stereocenters. The van der Waals surface area contributed by atoms with E-state index < -0.39 is 0 Å². The van der Waals surface area contributed by atoms with Gasteiger partial charge in [-0.15, -0.1) is 0 Å². The average molecular weight is 338 g/mol. The summed E-state index contributed by atoms with van der Waals surface area (Å²) in [5.74, 6) is 0.906. The molecule has 3 saturated heterocycles. The van der Waals surface area contributed by atoms with Crippen LogP contribution < -0.4 is 0 Å². The van der Waals surface area contributed by atoms with Crippen LogP contribution in [-0.2, 0) is 19.1 Å². The number of amides is 2. The topological polar surface area (TPSA) is 59.1 Å². The van der Waals surface area contributed by atoms with Crippen molar-refractivity contribution in [3.05, 3.63) is 0 Å². The van der Waals surface area contributed by atoms with E-state index in [2.05, 4.69) is 13.8 Å². The number of hydrogen-bond donors (Lipinski definition) is 0. The molecule has 0 radical (unpaired) electrons. The van der Waals surface area contributed by atoms with Crippen LogP contribution in [0.5, 0.6) is 0 Å². The van der Waals surface area contributed by atoms with E-state index >= 15 is 0 Å². The highest BCUT2D eigenvalue weighted by atomic mass is 16.5. The minimum Gasteiger partial charge on any atom is -0.378 e. The molecule has 0 aromatic rings. The summed E-state index contributed by atoms with van der Waals surface area (Å²) in [6.07, 6.45) is 3.25. The molecule has 136 valence electrons. The zero-order chi connectivity index (χ0) is 17.2. The average Bonchev–Trinajstić information content (AvgIpc) is 2.99. The van der Waals surface area contributed by atoms with E-state index in [0.717, 1.165) is 19.3 Å². The van der Waals surface area contributed by atoms with Crippen LogP contribution in [0.15, 0.2) is 0 Å². The van der Waals surface area contributed by atoms with Gasteiger partial charge in [0.1, 0.15) is 5.60 Å². The molecule has 0 aromatic heterocycles. The standard InChI is InChI=1S/C18H30N2O4/c1-3-15(4-2)17(22)20-12-18(13-20)10-14(11-24-18)9-16(21)19-5-7-23-8-6-19/h14-15H,3-13H2,1-2H3. The number of likely N-dealkylation sites (tertiary alicyclic amines) is 1. The first kappa shape index (κ1) is 17.7. The molecule has 3 fully saturated rings. The van der Waals surface area contributed by atoms with Crippen molar-refractivity contribution in [2.24, 2.45) is 11.8 Å². The summed E-state index contributed by atoms with van der Waals surface area (Å²) in [7, 11) is 0. The molecule has 0 aromatic carbocycles. The fraction of sp³-hybridized carbons (Fsp3) is 0.889. The third kappa shape index (κ3) is 3.59. The Labute approximate surface area is 144 Å². The van der Waals surface area contributed by atoms with Gasteiger partial charge in [-0.3, -0.25) is 9.59 Å². The highest BCUT2D eigenvalue weighted by molar-refractivity contribution is 5.80. The maximum Gasteiger partial charge on any atom is 0.225 e. The first-order valence-corrected chi connectivity index (χ1v) is 9.35. The summed E-state index contributed by atoms with van der Waals surface area (Å²) < 4.78 is 11.3. The SMILES string of the molecule is CCC(CC)C(=O)N1CC2(CC(CC(=O)N3CCOCC3)CO2)C1. The molecule has 3 aliphatic rings. The van der Waals surface area contributed by atoms with Crippen LogP contribution in [0.1, 0.15) is 39.5 Å². The smallest absolute Gasteiger partial charge is 0.225 e. The summed E-state index contributed by atoms with van der Waals surface area (Å²) in [6, 6.07) is 0. The van der Waals surface area contributed by atoms with Gasteiger partial charge >= 0.3 is 0 Å². The highest BCUT2D eigenvalue weighted by Gasteiger charge is 2.52. The van der Waals surface area contributed by atoms with Crippen molar-refractivity contribution < 1.29 is 19.1 Å². The van der Waals surface area contributed by atoms with Gasteiger partial charge in [-0.05, 0) is 25.2 Å². The fourth-order valence-corrected chi connectivity index (χ4v) is 4.18. The van der Waals surface area contributed by atoms with Crippen molar-refractivity contribution in [1.29, 1.82) is 0 Å². The van der Waals surface area contributed by atoms with E-state index in [9.17, 15) is 9.59 Å². The largest absolute Gasteiger partial charge is 0.378 e. The molecule has 0 bridgehead atoms. The molecule has 3 heterocycles. The van der Waals surface area contributed by atoms with Crippen molar-refractivity contribution in [3.8, 4) is 0 Å². The van der Waals surface area contributed by atoms with E-state index in [0.29, 0.717) is 52.4 Å². The summed E-state index contributed by atoms with van der Waals surface area (Å²) >= 11 is 0. The van der Waals surface area contributed by atoms with Gasteiger partial charge in [-0.2, -0.15) is 0 Å². The van der Waals surface area contributed by atoms with Crippen LogP contribution >= 0.6 is 0 Å². The predicted molar refractivity (Wildman–Crippen MR) is 89.5 cm³/mol. The quantitative estimate of drug-likeness (QED) is 0.758. The van der Waals surface area contributed by atoms with Crippen molar-refractivity contribution in [2.45, 2.75) is 45.1 Å². The molecule has 2 amide bonds. The zero-order valence-corrected chi connectivity index (χ0v) is 15.0. The monoisotopic (exact) mass is 338 g/mol. The van der Waals surface area contributed by atoms with Gasteiger partial charge < -0.3 is 19.3 Å². The van der Waals surface area contributed by atoms with Crippen LogP contribution in [0.2, 0.25) is 0 Å². The Morgan fingerprint density at radius 3 is 2.42 bits per heavy atom. The third-order valence-electron chi connectivity index (χ3n) is 5.72. The summed E-state index contributed by atoms with van der Waals surface area (Å²) in [5, 5.41) is 0. The van der Waals surface area contributed by atoms with Gasteiger partial charge in [0.05, 0.1) is 32.9 Å². The number of carbonyl (C=O) groups excluding carboxylic acids is 2. The number of hydrogen-bond acceptors (Lipinski definition) is 4. The van der Waals surface area contributed by atoms with Crippen LogP contribution in [0.25, 0.3) is 0 Å². The number of ether oxygens (including phenoxy) is 2. The van der Waals surface area contributed by atoms with E-state index in [1.807, 2.05) is 9.80 Å². The molecule has 6 nitrogen and oxygen atoms in total. The number of carbonyl (C=O) groups is 2. The molecule has 1 unspecified atom stereocenters. The van der Waals surface area contributed by atoms with Crippen molar-refractivity contribution in [3.63, 3.8) is 0 Å². The minimum absolute atomic E-state index is 0.141. The third-order valence-corrected chi connectivity index (χ3v) is 5.72. The van der Waals surface area contributed by atoms with Gasteiger partial charge in [-0.1, -0.05) is 13.8 Å². The lowest BCUT2D eigenvalue weighted by Gasteiger charge is -2.48. The molecule has 0 aliphatic carbocycles. The van der Waals surface area contributed by atoms with Crippen LogP contribution in [0.4, 0.5) is 0 Å². The highest BCUT2D eigenvalue weighted by Crippen LogP contribution is 2.40. The van der Waals surface area contributed by atoms with Crippen molar-refractivity contribution in [1.82, 2.24) is 9.80 Å². The van der Waals surface area contributed by atoms with Crippen molar-refractivity contribution >= 4 is 11.8 Å². The molecule has 0 N–H and O–H groups in total. The second-order valence-electron chi connectivity index (χ2n) is 7.47. The van der Waals surface area contributed by atoms with Crippen LogP contribution in [0, 0.1) is 11.8 Å². The van der Waals surface area contributed by atoms with Gasteiger partial charge in [0.25, 0.3) is 0 Å². The Morgan fingerprint density at radius 1 is 1.12 bits per heavy atom. The Morgan fingerprint density at radius 2 is 1.79 bits per heavy atom. The zero-order valence-electron chi connectivity index (χ0n) is 15.0. The first-order valence-electron chi connectivity index (χ1n) is 9.35. The van der Waals surface area contributed by atoms with Gasteiger partial charge in [0, 0.05) is 25.4 Å². The summed E-state index contributed by atoms with van der Waals surface area (Å²) in [5.41, 5.74) is -0.183. The van der Waals surface area contributed by atoms with Crippen LogP contribution in [-0.4, -0.2) is 73.2 Å². The molecule has 3 rings (SSSR count). The Bertz CT molecular complexity index is 466. The molecule has 6 heteroatoms. The summed E-state index contributed by atoms with van der Waals surface area (Å²) in [4.78, 5) is 28.6. The van der Waals surface area contributed by atoms with Gasteiger partial charge in [-0.25, -0.2) is 0 Å². The maximum atomic E-state index is 12.4. The molecular weight excluding hydrogens is 308 g/mol. The Balaban J connectivity index is 1.45. The second-order valence-corrected chi connectivity index (χ2v) is 7.47. The molecule has 0 saturated carbocycles. The lowest BCUT2D eigenvalue weighted by Crippen LogP contribution is -2.64. The first-order chi connectivity index (χ1) is 11.6. The van der Waals surface area contributed by atoms with E-state index in [-0.39, 0.29) is 29.3 Å². The number of nitrogens with zero attached hydrogens (tertiary/aromatic N) is 2. The lowest BCUT2D eigenvalue weighted by atomic mass is 9.84. The van der Waals surface area contributed by atoms with Crippen molar-refractivity contribution in [2.75, 3.05) is 46.0 Å². The van der Waals surface area contributed by atoms with E-state index in [1.165, 1.54) is 0 Å². The maximum absolute atomic E-state index is 12.4. The summed E-state index contributed by atoms with van der Waals surface area (Å²) in [6.45, 7) is 8.87. The molecular formula is C18H30N2O4. The predicted octanol–water partition coefficient (Wildman–Crippen LogP) is 1.29.